The van der Waals surface area contributed by atoms with Crippen molar-refractivity contribution in [2.75, 3.05) is 0 Å². The molecule has 2 heterocycles. The Bertz CT molecular complexity index is 1200. The summed E-state index contributed by atoms with van der Waals surface area (Å²) in [7, 11) is 0. The number of nitrogens with zero attached hydrogens (tertiary/aromatic N) is 3. The van der Waals surface area contributed by atoms with Crippen molar-refractivity contribution in [2.45, 2.75) is 19.5 Å². The number of aromatic nitrogens is 3. The molecular weight excluding hydrogens is 378 g/mol. The number of benzene rings is 2. The lowest BCUT2D eigenvalue weighted by Crippen LogP contribution is -2.37. The molecule has 0 aliphatic rings. The fourth-order valence-electron chi connectivity index (χ4n) is 3.40. The number of fused-ring (bicyclic) bond motifs is 1. The van der Waals surface area contributed by atoms with Crippen molar-refractivity contribution in [3.63, 3.8) is 0 Å². The number of carbonyl (C=O) groups excluding carboxylic acids is 2. The zero-order valence-electron chi connectivity index (χ0n) is 16.4. The van der Waals surface area contributed by atoms with Crippen LogP contribution in [0.1, 0.15) is 28.9 Å². The molecule has 1 atom stereocenters. The van der Waals surface area contributed by atoms with E-state index < -0.39 is 17.9 Å². The molecule has 150 valence electrons. The molecule has 4 aromatic rings. The molecule has 30 heavy (non-hydrogen) atoms. The highest BCUT2D eigenvalue weighted by Crippen LogP contribution is 2.25. The van der Waals surface area contributed by atoms with Crippen molar-refractivity contribution in [1.82, 2.24) is 20.1 Å². The standard InChI is InChI=1S/C23H21N5O2/c1-2-28-22-18(14-25-28)17(13-19(26-22)15-9-5-3-6-10-15)23(30)27-20(21(24)29)16-11-7-4-8-12-16/h3-14,20H,2H2,1H3,(H2,24,29)(H,27,30). The summed E-state index contributed by atoms with van der Waals surface area (Å²) < 4.78 is 1.74. The lowest BCUT2D eigenvalue weighted by Gasteiger charge is -2.16. The Morgan fingerprint density at radius 1 is 1.07 bits per heavy atom. The van der Waals surface area contributed by atoms with Crippen LogP contribution < -0.4 is 11.1 Å². The van der Waals surface area contributed by atoms with Gasteiger partial charge >= 0.3 is 0 Å². The molecule has 2 amide bonds. The third kappa shape index (κ3) is 3.65. The summed E-state index contributed by atoms with van der Waals surface area (Å²) in [6, 6.07) is 19.3. The van der Waals surface area contributed by atoms with Crippen molar-refractivity contribution in [2.24, 2.45) is 5.73 Å². The molecule has 2 aromatic carbocycles. The Morgan fingerprint density at radius 3 is 2.37 bits per heavy atom. The van der Waals surface area contributed by atoms with E-state index in [1.165, 1.54) is 0 Å². The number of nitrogens with two attached hydrogens (primary N) is 1. The highest BCUT2D eigenvalue weighted by atomic mass is 16.2. The minimum absolute atomic E-state index is 0.390. The largest absolute Gasteiger partial charge is 0.368 e. The molecule has 0 radical (unpaired) electrons. The smallest absolute Gasteiger partial charge is 0.253 e. The number of hydrogen-bond donors (Lipinski definition) is 2. The molecule has 0 saturated heterocycles. The number of pyridine rings is 1. The van der Waals surface area contributed by atoms with Gasteiger partial charge in [-0.1, -0.05) is 60.7 Å². The first-order valence-electron chi connectivity index (χ1n) is 9.65. The summed E-state index contributed by atoms with van der Waals surface area (Å²) in [4.78, 5) is 30.0. The third-order valence-electron chi connectivity index (χ3n) is 4.92. The van der Waals surface area contributed by atoms with E-state index in [0.717, 1.165) is 5.56 Å². The minimum atomic E-state index is -0.941. The Labute approximate surface area is 173 Å². The first-order chi connectivity index (χ1) is 14.6. The average molecular weight is 399 g/mol. The Hall–Kier alpha value is -4.00. The normalized spacial score (nSPS) is 11.9. The van der Waals surface area contributed by atoms with Crippen molar-refractivity contribution >= 4 is 22.8 Å². The van der Waals surface area contributed by atoms with Crippen LogP contribution in [0.25, 0.3) is 22.3 Å². The number of primary amides is 1. The van der Waals surface area contributed by atoms with Gasteiger partial charge in [0.1, 0.15) is 6.04 Å². The fraction of sp³-hybridized carbons (Fsp3) is 0.130. The lowest BCUT2D eigenvalue weighted by atomic mass is 10.0. The second-order valence-electron chi connectivity index (χ2n) is 6.84. The molecule has 0 saturated carbocycles. The third-order valence-corrected chi connectivity index (χ3v) is 4.92. The maximum atomic E-state index is 13.2. The Balaban J connectivity index is 1.80. The molecule has 0 aliphatic heterocycles. The summed E-state index contributed by atoms with van der Waals surface area (Å²) in [5.41, 5.74) is 8.73. The second-order valence-corrected chi connectivity index (χ2v) is 6.84. The summed E-state index contributed by atoms with van der Waals surface area (Å²) in [6.07, 6.45) is 1.62. The van der Waals surface area contributed by atoms with Crippen molar-refractivity contribution < 1.29 is 9.59 Å². The first-order valence-corrected chi connectivity index (χ1v) is 9.65. The van der Waals surface area contributed by atoms with Crippen molar-refractivity contribution in [3.05, 3.63) is 84.1 Å². The molecule has 0 bridgehead atoms. The average Bonchev–Trinajstić information content (AvgIpc) is 3.20. The SMILES string of the molecule is CCn1ncc2c(C(=O)NC(C(N)=O)c3ccccc3)cc(-c3ccccc3)nc21. The molecular formula is C23H21N5O2. The van der Waals surface area contributed by atoms with E-state index in [9.17, 15) is 9.59 Å². The molecule has 4 rings (SSSR count). The molecule has 0 spiro atoms. The van der Waals surface area contributed by atoms with Crippen LogP contribution in [0.15, 0.2) is 72.9 Å². The number of nitrogens with one attached hydrogen (secondary N) is 1. The second kappa shape index (κ2) is 8.16. The van der Waals surface area contributed by atoms with Crippen LogP contribution in [0.5, 0.6) is 0 Å². The highest BCUT2D eigenvalue weighted by Gasteiger charge is 2.23. The van der Waals surface area contributed by atoms with Gasteiger partial charge in [-0.2, -0.15) is 5.10 Å². The monoisotopic (exact) mass is 399 g/mol. The van der Waals surface area contributed by atoms with E-state index in [4.69, 9.17) is 10.7 Å². The van der Waals surface area contributed by atoms with E-state index >= 15 is 0 Å². The van der Waals surface area contributed by atoms with Gasteiger partial charge in [0.05, 0.1) is 22.8 Å². The predicted octanol–water partition coefficient (Wildman–Crippen LogP) is 3.07. The predicted molar refractivity (Wildman–Crippen MR) is 114 cm³/mol. The molecule has 3 N–H and O–H groups in total. The number of rotatable bonds is 6. The number of hydrogen-bond acceptors (Lipinski definition) is 4. The van der Waals surface area contributed by atoms with Gasteiger partial charge in [-0.05, 0) is 18.6 Å². The van der Waals surface area contributed by atoms with Crippen LogP contribution >= 0.6 is 0 Å². The van der Waals surface area contributed by atoms with Crippen LogP contribution in [0.4, 0.5) is 0 Å². The number of carbonyl (C=O) groups is 2. The first kappa shape index (κ1) is 19.3. The highest BCUT2D eigenvalue weighted by molar-refractivity contribution is 6.07. The molecule has 0 fully saturated rings. The maximum Gasteiger partial charge on any atom is 0.253 e. The molecule has 7 heteroatoms. The van der Waals surface area contributed by atoms with Gasteiger partial charge in [-0.3, -0.25) is 9.59 Å². The van der Waals surface area contributed by atoms with Gasteiger partial charge in [0.25, 0.3) is 5.91 Å². The van der Waals surface area contributed by atoms with Crippen LogP contribution in [0.3, 0.4) is 0 Å². The Kier molecular flexibility index (Phi) is 5.26. The van der Waals surface area contributed by atoms with Gasteiger partial charge in [-0.25, -0.2) is 9.67 Å². The van der Waals surface area contributed by atoms with Crippen LogP contribution in [-0.4, -0.2) is 26.6 Å². The Morgan fingerprint density at radius 2 is 1.73 bits per heavy atom. The van der Waals surface area contributed by atoms with E-state index in [1.54, 1.807) is 41.2 Å². The van der Waals surface area contributed by atoms with Gasteiger partial charge < -0.3 is 11.1 Å². The maximum absolute atomic E-state index is 13.2. The molecule has 1 unspecified atom stereocenters. The summed E-state index contributed by atoms with van der Waals surface area (Å²) in [5.74, 6) is -1.05. The van der Waals surface area contributed by atoms with Gasteiger partial charge in [0, 0.05) is 12.1 Å². The molecule has 2 aromatic heterocycles. The minimum Gasteiger partial charge on any atom is -0.368 e. The van der Waals surface area contributed by atoms with Crippen molar-refractivity contribution in [3.8, 4) is 11.3 Å². The summed E-state index contributed by atoms with van der Waals surface area (Å²) >= 11 is 0. The van der Waals surface area contributed by atoms with Gasteiger partial charge in [0.15, 0.2) is 5.65 Å². The van der Waals surface area contributed by atoms with Crippen LogP contribution in [0.2, 0.25) is 0 Å². The topological polar surface area (TPSA) is 103 Å². The summed E-state index contributed by atoms with van der Waals surface area (Å²) in [5, 5.41) is 7.73. The quantitative estimate of drug-likeness (QED) is 0.520. The number of amides is 2. The summed E-state index contributed by atoms with van der Waals surface area (Å²) in [6.45, 7) is 2.57. The van der Waals surface area contributed by atoms with E-state index in [1.807, 2.05) is 43.3 Å². The van der Waals surface area contributed by atoms with E-state index in [-0.39, 0.29) is 0 Å². The number of aryl methyl sites for hydroxylation is 1. The zero-order valence-corrected chi connectivity index (χ0v) is 16.4. The van der Waals surface area contributed by atoms with Crippen molar-refractivity contribution in [1.29, 1.82) is 0 Å². The lowest BCUT2D eigenvalue weighted by molar-refractivity contribution is -0.120. The fourth-order valence-corrected chi connectivity index (χ4v) is 3.40. The van der Waals surface area contributed by atoms with Gasteiger partial charge in [0.2, 0.25) is 5.91 Å². The molecule has 7 nitrogen and oxygen atoms in total. The zero-order chi connectivity index (χ0) is 21.1. The van der Waals surface area contributed by atoms with Gasteiger partial charge in [-0.15, -0.1) is 0 Å². The molecule has 0 aliphatic carbocycles. The van der Waals surface area contributed by atoms with Crippen LogP contribution in [0, 0.1) is 0 Å². The van der Waals surface area contributed by atoms with Crippen LogP contribution in [-0.2, 0) is 11.3 Å². The van der Waals surface area contributed by atoms with E-state index in [0.29, 0.717) is 34.4 Å². The van der Waals surface area contributed by atoms with E-state index in [2.05, 4.69) is 10.4 Å².